The zero-order valence-electron chi connectivity index (χ0n) is 16.5. The number of carbonyl (C=O) groups excluding carboxylic acids is 1. The van der Waals surface area contributed by atoms with Gasteiger partial charge in [-0.25, -0.2) is 8.42 Å². The van der Waals surface area contributed by atoms with Crippen LogP contribution in [-0.4, -0.2) is 44.3 Å². The second-order valence-electron chi connectivity index (χ2n) is 8.15. The summed E-state index contributed by atoms with van der Waals surface area (Å²) in [5, 5.41) is 2.95. The van der Waals surface area contributed by atoms with Gasteiger partial charge in [-0.3, -0.25) is 4.79 Å². The molecule has 6 nitrogen and oxygen atoms in total. The first-order valence-corrected chi connectivity index (χ1v) is 11.3. The normalized spacial score (nSPS) is 20.4. The number of nitrogens with two attached hydrogens (primary N) is 1. The van der Waals surface area contributed by atoms with Crippen LogP contribution >= 0.6 is 0 Å². The Balaban J connectivity index is 1.60. The minimum Gasteiger partial charge on any atom is -0.354 e. The smallest absolute Gasteiger partial charge is 0.243 e. The highest BCUT2D eigenvalue weighted by molar-refractivity contribution is 7.89. The van der Waals surface area contributed by atoms with Crippen molar-refractivity contribution in [2.75, 3.05) is 19.6 Å². The predicted molar refractivity (Wildman–Crippen MR) is 106 cm³/mol. The zero-order valence-corrected chi connectivity index (χ0v) is 17.3. The van der Waals surface area contributed by atoms with Gasteiger partial charge >= 0.3 is 0 Å². The Morgan fingerprint density at radius 2 is 1.70 bits per heavy atom. The molecular weight excluding hydrogens is 362 g/mol. The van der Waals surface area contributed by atoms with E-state index in [0.717, 1.165) is 29.5 Å². The molecule has 1 aromatic rings. The number of sulfonamides is 1. The number of piperidine rings is 1. The minimum absolute atomic E-state index is 0.00541. The fourth-order valence-corrected chi connectivity index (χ4v) is 6.00. The molecule has 2 fully saturated rings. The lowest BCUT2D eigenvalue weighted by Crippen LogP contribution is -2.45. The van der Waals surface area contributed by atoms with Gasteiger partial charge in [0.2, 0.25) is 15.9 Å². The van der Waals surface area contributed by atoms with Gasteiger partial charge < -0.3 is 11.1 Å². The maximum absolute atomic E-state index is 13.1. The molecule has 1 saturated heterocycles. The van der Waals surface area contributed by atoms with Crippen LogP contribution in [-0.2, 0) is 14.8 Å². The van der Waals surface area contributed by atoms with Gasteiger partial charge in [0, 0.05) is 31.6 Å². The Labute approximate surface area is 162 Å². The van der Waals surface area contributed by atoms with Crippen molar-refractivity contribution in [2.45, 2.75) is 57.4 Å². The maximum atomic E-state index is 13.1. The lowest BCUT2D eigenvalue weighted by Gasteiger charge is -2.31. The van der Waals surface area contributed by atoms with Gasteiger partial charge in [0.1, 0.15) is 0 Å². The van der Waals surface area contributed by atoms with Gasteiger partial charge in [-0.2, -0.15) is 4.31 Å². The molecule has 150 valence electrons. The van der Waals surface area contributed by atoms with E-state index in [9.17, 15) is 13.2 Å². The molecule has 3 N–H and O–H groups in total. The Morgan fingerprint density at radius 1 is 1.15 bits per heavy atom. The van der Waals surface area contributed by atoms with Crippen LogP contribution in [0.1, 0.15) is 42.4 Å². The lowest BCUT2D eigenvalue weighted by molar-refractivity contribution is -0.126. The van der Waals surface area contributed by atoms with E-state index in [0.29, 0.717) is 43.3 Å². The summed E-state index contributed by atoms with van der Waals surface area (Å²) < 4.78 is 27.8. The Kier molecular flexibility index (Phi) is 5.93. The molecule has 0 spiro atoms. The van der Waals surface area contributed by atoms with Crippen LogP contribution in [0.15, 0.2) is 17.0 Å². The number of rotatable bonds is 6. The van der Waals surface area contributed by atoms with Gasteiger partial charge in [0.25, 0.3) is 0 Å². The summed E-state index contributed by atoms with van der Waals surface area (Å²) in [6.45, 7) is 6.93. The van der Waals surface area contributed by atoms with Crippen molar-refractivity contribution in [3.8, 4) is 0 Å². The molecule has 0 radical (unpaired) electrons. The summed E-state index contributed by atoms with van der Waals surface area (Å²) in [6, 6.07) is 3.86. The monoisotopic (exact) mass is 393 g/mol. The molecule has 1 heterocycles. The van der Waals surface area contributed by atoms with E-state index < -0.39 is 10.0 Å². The number of benzene rings is 1. The van der Waals surface area contributed by atoms with Gasteiger partial charge in [-0.05, 0) is 63.5 Å². The van der Waals surface area contributed by atoms with Crippen LogP contribution in [0.5, 0.6) is 0 Å². The summed E-state index contributed by atoms with van der Waals surface area (Å²) in [5.74, 6) is 0.423. The van der Waals surface area contributed by atoms with Crippen LogP contribution in [0, 0.1) is 32.6 Å². The number of nitrogens with zero attached hydrogens (tertiary/aromatic N) is 1. The van der Waals surface area contributed by atoms with E-state index >= 15 is 0 Å². The summed E-state index contributed by atoms with van der Waals surface area (Å²) in [7, 11) is -3.54. The molecule has 1 atom stereocenters. The highest BCUT2D eigenvalue weighted by Gasteiger charge is 2.34. The van der Waals surface area contributed by atoms with Crippen LogP contribution in [0.2, 0.25) is 0 Å². The molecule has 3 rings (SSSR count). The molecule has 1 aliphatic heterocycles. The first-order chi connectivity index (χ1) is 12.7. The number of aryl methyl sites for hydroxylation is 3. The molecule has 2 aliphatic rings. The molecule has 0 aromatic heterocycles. The molecule has 7 heteroatoms. The quantitative estimate of drug-likeness (QED) is 0.772. The Morgan fingerprint density at radius 3 is 2.22 bits per heavy atom. The van der Waals surface area contributed by atoms with E-state index in [4.69, 9.17) is 5.73 Å². The Bertz CT molecular complexity index is 787. The third-order valence-corrected chi connectivity index (χ3v) is 7.97. The van der Waals surface area contributed by atoms with Gasteiger partial charge in [0.05, 0.1) is 4.90 Å². The minimum atomic E-state index is -3.54. The predicted octanol–water partition coefficient (Wildman–Crippen LogP) is 1.87. The second kappa shape index (κ2) is 7.89. The van der Waals surface area contributed by atoms with Crippen molar-refractivity contribution in [1.82, 2.24) is 9.62 Å². The lowest BCUT2D eigenvalue weighted by atomic mass is 9.97. The van der Waals surface area contributed by atoms with Crippen molar-refractivity contribution < 1.29 is 13.2 Å². The van der Waals surface area contributed by atoms with Gasteiger partial charge in [-0.15, -0.1) is 0 Å². The third kappa shape index (κ3) is 4.52. The summed E-state index contributed by atoms with van der Waals surface area (Å²) >= 11 is 0. The van der Waals surface area contributed by atoms with E-state index in [1.165, 1.54) is 4.31 Å². The van der Waals surface area contributed by atoms with Crippen molar-refractivity contribution in [1.29, 1.82) is 0 Å². The number of amides is 1. The topological polar surface area (TPSA) is 92.5 Å². The number of nitrogens with one attached hydrogen (secondary N) is 1. The molecular formula is C20H31N3O3S. The number of hydrogen-bond acceptors (Lipinski definition) is 4. The van der Waals surface area contributed by atoms with Crippen molar-refractivity contribution in [2.24, 2.45) is 17.6 Å². The molecule has 1 amide bonds. The average Bonchev–Trinajstić information content (AvgIpc) is 3.43. The Hall–Kier alpha value is -1.44. The summed E-state index contributed by atoms with van der Waals surface area (Å²) in [6.07, 6.45) is 3.41. The molecule has 0 bridgehead atoms. The SMILES string of the molecule is Cc1cc(C)c(S(=O)(=O)N2CCC(C(=O)NCC(N)C3CC3)CC2)c(C)c1. The molecule has 1 saturated carbocycles. The standard InChI is InChI=1S/C20H31N3O3S/c1-13-10-14(2)19(15(3)11-13)27(25,26)23-8-6-17(7-9-23)20(24)22-12-18(21)16-4-5-16/h10-11,16-18H,4-9,12,21H2,1-3H3,(H,22,24). The van der Waals surface area contributed by atoms with Crippen LogP contribution in [0.3, 0.4) is 0 Å². The number of hydrogen-bond donors (Lipinski definition) is 2. The highest BCUT2D eigenvalue weighted by Crippen LogP contribution is 2.31. The fraction of sp³-hybridized carbons (Fsp3) is 0.650. The fourth-order valence-electron chi connectivity index (χ4n) is 4.11. The van der Waals surface area contributed by atoms with Gasteiger partial charge in [0.15, 0.2) is 0 Å². The van der Waals surface area contributed by atoms with E-state index in [2.05, 4.69) is 5.32 Å². The van der Waals surface area contributed by atoms with Crippen LogP contribution in [0.25, 0.3) is 0 Å². The van der Waals surface area contributed by atoms with Crippen LogP contribution in [0.4, 0.5) is 0 Å². The molecule has 1 aliphatic carbocycles. The van der Waals surface area contributed by atoms with Gasteiger partial charge in [-0.1, -0.05) is 17.7 Å². The molecule has 27 heavy (non-hydrogen) atoms. The second-order valence-corrected chi connectivity index (χ2v) is 10.0. The maximum Gasteiger partial charge on any atom is 0.243 e. The average molecular weight is 394 g/mol. The van der Waals surface area contributed by atoms with E-state index in [-0.39, 0.29) is 17.9 Å². The first kappa shape index (κ1) is 20.3. The summed E-state index contributed by atoms with van der Waals surface area (Å²) in [4.78, 5) is 12.8. The third-order valence-electron chi connectivity index (χ3n) is 5.77. The van der Waals surface area contributed by atoms with Crippen molar-refractivity contribution in [3.63, 3.8) is 0 Å². The van der Waals surface area contributed by atoms with E-state index in [1.54, 1.807) is 0 Å². The van der Waals surface area contributed by atoms with Crippen molar-refractivity contribution in [3.05, 3.63) is 28.8 Å². The summed E-state index contributed by atoms with van der Waals surface area (Å²) in [5.41, 5.74) is 8.65. The molecule has 1 unspecified atom stereocenters. The zero-order chi connectivity index (χ0) is 19.8. The van der Waals surface area contributed by atoms with Crippen LogP contribution < -0.4 is 11.1 Å². The number of carbonyl (C=O) groups is 1. The largest absolute Gasteiger partial charge is 0.354 e. The van der Waals surface area contributed by atoms with E-state index in [1.807, 2.05) is 32.9 Å². The first-order valence-electron chi connectivity index (χ1n) is 9.81. The molecule has 1 aromatic carbocycles. The van der Waals surface area contributed by atoms with Crippen molar-refractivity contribution >= 4 is 15.9 Å². The highest BCUT2D eigenvalue weighted by atomic mass is 32.2.